The van der Waals surface area contributed by atoms with E-state index < -0.39 is 0 Å². The summed E-state index contributed by atoms with van der Waals surface area (Å²) in [6.07, 6.45) is 17.6. The summed E-state index contributed by atoms with van der Waals surface area (Å²) in [5.41, 5.74) is 2.31. The number of H-pyrrole nitrogens is 1. The highest BCUT2D eigenvalue weighted by Gasteiger charge is 2.26. The van der Waals surface area contributed by atoms with Gasteiger partial charge in [-0.2, -0.15) is 0 Å². The lowest BCUT2D eigenvalue weighted by Crippen LogP contribution is -2.27. The minimum atomic E-state index is 0.561. The summed E-state index contributed by atoms with van der Waals surface area (Å²) in [6.45, 7) is 3.52. The van der Waals surface area contributed by atoms with Crippen molar-refractivity contribution in [2.24, 2.45) is 5.92 Å². The maximum absolute atomic E-state index is 4.51. The van der Waals surface area contributed by atoms with Crippen LogP contribution < -0.4 is 0 Å². The zero-order chi connectivity index (χ0) is 15.9. The Morgan fingerprint density at radius 1 is 1.25 bits per heavy atom. The van der Waals surface area contributed by atoms with Crippen molar-refractivity contribution in [2.75, 3.05) is 19.6 Å². The standard InChI is InChI=1S/C20H22N4/c1-2-4-15(5-3-1)13-23-10-8-17(14-23)24-11-7-16-12-22-20-18(19(16)24)6-9-21-20/h1-4,6-7,9,11-12,15,17H,5,8,10,13-14H2,(H,21,22). The highest BCUT2D eigenvalue weighted by Crippen LogP contribution is 2.31. The minimum Gasteiger partial charge on any atom is -0.346 e. The predicted molar refractivity (Wildman–Crippen MR) is 98.1 cm³/mol. The summed E-state index contributed by atoms with van der Waals surface area (Å²) in [4.78, 5) is 10.4. The second-order valence-corrected chi connectivity index (χ2v) is 7.04. The van der Waals surface area contributed by atoms with Crippen LogP contribution in [0.5, 0.6) is 0 Å². The molecule has 1 fully saturated rings. The van der Waals surface area contributed by atoms with E-state index in [9.17, 15) is 0 Å². The third-order valence-electron chi connectivity index (χ3n) is 5.46. The van der Waals surface area contributed by atoms with E-state index in [0.717, 1.165) is 12.2 Å². The van der Waals surface area contributed by atoms with Crippen LogP contribution >= 0.6 is 0 Å². The molecule has 3 aromatic heterocycles. The predicted octanol–water partition coefficient (Wildman–Crippen LogP) is 3.90. The average molecular weight is 318 g/mol. The van der Waals surface area contributed by atoms with Crippen LogP contribution in [0.2, 0.25) is 0 Å². The molecule has 1 N–H and O–H groups in total. The number of nitrogens with one attached hydrogen (secondary N) is 1. The summed E-state index contributed by atoms with van der Waals surface area (Å²) < 4.78 is 2.48. The van der Waals surface area contributed by atoms with Crippen LogP contribution in [-0.2, 0) is 0 Å². The van der Waals surface area contributed by atoms with Gasteiger partial charge in [-0.3, -0.25) is 0 Å². The fourth-order valence-electron chi connectivity index (χ4n) is 4.26. The van der Waals surface area contributed by atoms with Crippen LogP contribution in [0.4, 0.5) is 0 Å². The molecule has 4 nitrogen and oxygen atoms in total. The van der Waals surface area contributed by atoms with Crippen molar-refractivity contribution in [3.8, 4) is 0 Å². The molecular weight excluding hydrogens is 296 g/mol. The highest BCUT2D eigenvalue weighted by atomic mass is 15.2. The van der Waals surface area contributed by atoms with Gasteiger partial charge in [0, 0.05) is 55.0 Å². The van der Waals surface area contributed by atoms with Gasteiger partial charge in [0.2, 0.25) is 0 Å². The SMILES string of the molecule is C1=CCC(CN2CCC(n3ccc4cnc5[nH]ccc5c43)C2)C=C1. The number of hydrogen-bond donors (Lipinski definition) is 1. The van der Waals surface area contributed by atoms with Crippen molar-refractivity contribution in [1.82, 2.24) is 19.4 Å². The molecule has 4 heterocycles. The number of aromatic nitrogens is 3. The number of hydrogen-bond acceptors (Lipinski definition) is 2. The van der Waals surface area contributed by atoms with Crippen molar-refractivity contribution in [1.29, 1.82) is 0 Å². The summed E-state index contributed by atoms with van der Waals surface area (Å²) in [5, 5.41) is 2.47. The molecule has 0 radical (unpaired) electrons. The number of pyridine rings is 1. The van der Waals surface area contributed by atoms with Crippen molar-refractivity contribution in [3.05, 3.63) is 55.0 Å². The Bertz CT molecular complexity index is 930. The monoisotopic (exact) mass is 318 g/mol. The maximum atomic E-state index is 4.51. The Morgan fingerprint density at radius 3 is 3.17 bits per heavy atom. The van der Waals surface area contributed by atoms with Crippen LogP contribution in [0.3, 0.4) is 0 Å². The molecule has 0 saturated carbocycles. The molecule has 0 spiro atoms. The lowest BCUT2D eigenvalue weighted by Gasteiger charge is -2.22. The quantitative estimate of drug-likeness (QED) is 0.795. The average Bonchev–Trinajstić information content (AvgIpc) is 3.33. The van der Waals surface area contributed by atoms with Gasteiger partial charge in [-0.05, 0) is 30.9 Å². The Balaban J connectivity index is 1.41. The third-order valence-corrected chi connectivity index (χ3v) is 5.46. The minimum absolute atomic E-state index is 0.561. The maximum Gasteiger partial charge on any atom is 0.139 e. The molecule has 3 aromatic rings. The van der Waals surface area contributed by atoms with Gasteiger partial charge in [-0.1, -0.05) is 24.3 Å². The van der Waals surface area contributed by atoms with Gasteiger partial charge in [-0.15, -0.1) is 0 Å². The number of allylic oxidation sites excluding steroid dienone is 3. The van der Waals surface area contributed by atoms with E-state index in [1.54, 1.807) is 0 Å². The summed E-state index contributed by atoms with van der Waals surface area (Å²) in [7, 11) is 0. The largest absolute Gasteiger partial charge is 0.346 e. The number of fused-ring (bicyclic) bond motifs is 3. The molecule has 122 valence electrons. The topological polar surface area (TPSA) is 36.9 Å². The molecule has 0 amide bonds. The zero-order valence-corrected chi connectivity index (χ0v) is 13.7. The molecule has 2 atom stereocenters. The van der Waals surface area contributed by atoms with Gasteiger partial charge in [0.15, 0.2) is 0 Å². The van der Waals surface area contributed by atoms with E-state index >= 15 is 0 Å². The van der Waals surface area contributed by atoms with Gasteiger partial charge in [0.1, 0.15) is 5.65 Å². The van der Waals surface area contributed by atoms with Gasteiger partial charge >= 0.3 is 0 Å². The number of likely N-dealkylation sites (tertiary alicyclic amines) is 1. The molecule has 4 heteroatoms. The number of aromatic amines is 1. The van der Waals surface area contributed by atoms with Gasteiger partial charge < -0.3 is 14.5 Å². The fourth-order valence-corrected chi connectivity index (χ4v) is 4.26. The number of nitrogens with zero attached hydrogens (tertiary/aromatic N) is 3. The van der Waals surface area contributed by atoms with Crippen LogP contribution in [0.1, 0.15) is 18.9 Å². The molecule has 0 bridgehead atoms. The van der Waals surface area contributed by atoms with E-state index in [1.165, 1.54) is 42.2 Å². The van der Waals surface area contributed by atoms with E-state index in [0.29, 0.717) is 12.0 Å². The first-order chi connectivity index (χ1) is 11.9. The lowest BCUT2D eigenvalue weighted by molar-refractivity contribution is 0.292. The molecule has 24 heavy (non-hydrogen) atoms. The van der Waals surface area contributed by atoms with Crippen LogP contribution in [-0.4, -0.2) is 39.1 Å². The van der Waals surface area contributed by atoms with Crippen molar-refractivity contribution in [3.63, 3.8) is 0 Å². The Labute approximate surface area is 141 Å². The van der Waals surface area contributed by atoms with Crippen LogP contribution in [0.15, 0.2) is 55.0 Å². The third kappa shape index (κ3) is 2.29. The van der Waals surface area contributed by atoms with Gasteiger partial charge in [0.25, 0.3) is 0 Å². The van der Waals surface area contributed by atoms with Crippen molar-refractivity contribution < 1.29 is 0 Å². The van der Waals surface area contributed by atoms with Crippen LogP contribution in [0.25, 0.3) is 21.9 Å². The van der Waals surface area contributed by atoms with Gasteiger partial charge in [0.05, 0.1) is 5.52 Å². The second-order valence-electron chi connectivity index (χ2n) is 7.04. The molecule has 1 saturated heterocycles. The Kier molecular flexibility index (Phi) is 3.30. The van der Waals surface area contributed by atoms with E-state index in [1.807, 2.05) is 12.4 Å². The number of rotatable bonds is 3. The molecule has 1 aliphatic carbocycles. The molecule has 2 aliphatic rings. The molecule has 5 rings (SSSR count). The van der Waals surface area contributed by atoms with Crippen molar-refractivity contribution >= 4 is 21.9 Å². The molecular formula is C20H22N4. The Morgan fingerprint density at radius 2 is 2.25 bits per heavy atom. The van der Waals surface area contributed by atoms with Crippen molar-refractivity contribution in [2.45, 2.75) is 18.9 Å². The Hall–Kier alpha value is -2.33. The van der Waals surface area contributed by atoms with E-state index in [4.69, 9.17) is 0 Å². The first kappa shape index (κ1) is 14.1. The first-order valence-electron chi connectivity index (χ1n) is 8.87. The van der Waals surface area contributed by atoms with Crippen LogP contribution in [0, 0.1) is 5.92 Å². The van der Waals surface area contributed by atoms with E-state index in [2.05, 4.69) is 62.1 Å². The highest BCUT2D eigenvalue weighted by molar-refractivity contribution is 6.02. The smallest absolute Gasteiger partial charge is 0.139 e. The zero-order valence-electron chi connectivity index (χ0n) is 13.7. The lowest BCUT2D eigenvalue weighted by atomic mass is 10.0. The molecule has 2 unspecified atom stereocenters. The summed E-state index contributed by atoms with van der Waals surface area (Å²) in [6, 6.07) is 4.91. The second kappa shape index (κ2) is 5.64. The fraction of sp³-hybridized carbons (Fsp3) is 0.350. The molecule has 1 aliphatic heterocycles. The van der Waals surface area contributed by atoms with Gasteiger partial charge in [-0.25, -0.2) is 4.98 Å². The molecule has 0 aromatic carbocycles. The van der Waals surface area contributed by atoms with E-state index in [-0.39, 0.29) is 0 Å². The normalized spacial score (nSPS) is 24.5. The summed E-state index contributed by atoms with van der Waals surface area (Å²) >= 11 is 0. The first-order valence-corrected chi connectivity index (χ1v) is 8.87. The summed E-state index contributed by atoms with van der Waals surface area (Å²) in [5.74, 6) is 0.677.